The van der Waals surface area contributed by atoms with Crippen molar-refractivity contribution in [3.05, 3.63) is 76.8 Å². The zero-order chi connectivity index (χ0) is 20.2. The normalized spacial score (nSPS) is 17.4. The van der Waals surface area contributed by atoms with E-state index >= 15 is 0 Å². The molecule has 3 aromatic rings. The molecule has 4 nitrogen and oxygen atoms in total. The second kappa shape index (κ2) is 8.89. The number of aromatic nitrogens is 1. The summed E-state index contributed by atoms with van der Waals surface area (Å²) < 4.78 is 0. The van der Waals surface area contributed by atoms with Gasteiger partial charge in [-0.25, -0.2) is 0 Å². The summed E-state index contributed by atoms with van der Waals surface area (Å²) in [5.41, 5.74) is 2.89. The third kappa shape index (κ3) is 4.74. The molecule has 1 atom stereocenters. The average molecular weight is 406 g/mol. The molecule has 0 spiro atoms. The van der Waals surface area contributed by atoms with E-state index in [0.717, 1.165) is 49.6 Å². The number of amides is 1. The lowest BCUT2D eigenvalue weighted by atomic mass is 10.1. The van der Waals surface area contributed by atoms with Gasteiger partial charge in [-0.05, 0) is 56.7 Å². The van der Waals surface area contributed by atoms with Crippen LogP contribution in [0.1, 0.15) is 27.9 Å². The molecule has 0 N–H and O–H groups in total. The molecule has 3 heterocycles. The minimum absolute atomic E-state index is 0.144. The van der Waals surface area contributed by atoms with Crippen molar-refractivity contribution >= 4 is 17.2 Å². The number of rotatable bonds is 5. The van der Waals surface area contributed by atoms with Crippen LogP contribution in [0.5, 0.6) is 0 Å². The molecule has 5 heteroatoms. The molecule has 1 aliphatic rings. The maximum atomic E-state index is 12.7. The number of hydrogen-bond acceptors (Lipinski definition) is 4. The highest BCUT2D eigenvalue weighted by Gasteiger charge is 2.27. The molecular formula is C24H27N3OS. The number of aryl methyl sites for hydroxylation is 1. The minimum Gasteiger partial charge on any atom is -0.336 e. The molecule has 150 valence electrons. The number of thiophene rings is 1. The Hall–Kier alpha value is -2.50. The van der Waals surface area contributed by atoms with Gasteiger partial charge in [0.05, 0.1) is 10.6 Å². The van der Waals surface area contributed by atoms with E-state index in [0.29, 0.717) is 6.04 Å². The Bertz CT molecular complexity index is 969. The third-order valence-corrected chi connectivity index (χ3v) is 6.69. The van der Waals surface area contributed by atoms with Crippen molar-refractivity contribution in [1.29, 1.82) is 0 Å². The monoisotopic (exact) mass is 405 g/mol. The van der Waals surface area contributed by atoms with E-state index in [1.165, 1.54) is 9.75 Å². The maximum Gasteiger partial charge on any atom is 0.253 e. The molecule has 0 saturated carbocycles. The van der Waals surface area contributed by atoms with E-state index in [4.69, 9.17) is 0 Å². The molecule has 0 aliphatic carbocycles. The minimum atomic E-state index is 0.144. The lowest BCUT2D eigenvalue weighted by Crippen LogP contribution is -2.53. The van der Waals surface area contributed by atoms with Gasteiger partial charge in [0, 0.05) is 48.4 Å². The molecule has 1 unspecified atom stereocenters. The first-order chi connectivity index (χ1) is 14.1. The fourth-order valence-electron chi connectivity index (χ4n) is 3.86. The van der Waals surface area contributed by atoms with Gasteiger partial charge in [0.15, 0.2) is 0 Å². The van der Waals surface area contributed by atoms with E-state index in [-0.39, 0.29) is 5.91 Å². The lowest BCUT2D eigenvalue weighted by molar-refractivity contribution is 0.0518. The SMILES string of the molecule is Cc1cccc(-c2ccc(CCN3CCN(C(=O)c4ccccc4)CC3C)s2)n1. The standard InChI is InChI=1S/C24H27N3OS/c1-18-7-6-10-22(25-18)23-12-11-21(29-23)13-14-26-15-16-27(17-19(26)2)24(28)20-8-4-3-5-9-20/h3-12,19H,13-17H2,1-2H3. The van der Waals surface area contributed by atoms with Crippen LogP contribution in [0.25, 0.3) is 10.6 Å². The molecule has 2 aromatic heterocycles. The van der Waals surface area contributed by atoms with Gasteiger partial charge >= 0.3 is 0 Å². The molecule has 29 heavy (non-hydrogen) atoms. The molecular weight excluding hydrogens is 378 g/mol. The zero-order valence-electron chi connectivity index (χ0n) is 17.0. The zero-order valence-corrected chi connectivity index (χ0v) is 17.9. The number of carbonyl (C=O) groups excluding carboxylic acids is 1. The number of hydrogen-bond donors (Lipinski definition) is 0. The highest BCUT2D eigenvalue weighted by molar-refractivity contribution is 7.15. The molecule has 1 fully saturated rings. The Kier molecular flexibility index (Phi) is 6.07. The molecule has 1 aromatic carbocycles. The number of piperazine rings is 1. The largest absolute Gasteiger partial charge is 0.336 e. The fourth-order valence-corrected chi connectivity index (χ4v) is 4.83. The number of nitrogens with zero attached hydrogens (tertiary/aromatic N) is 3. The Balaban J connectivity index is 1.32. The van der Waals surface area contributed by atoms with E-state index < -0.39 is 0 Å². The van der Waals surface area contributed by atoms with Gasteiger partial charge in [-0.2, -0.15) is 0 Å². The lowest BCUT2D eigenvalue weighted by Gasteiger charge is -2.40. The van der Waals surface area contributed by atoms with E-state index in [2.05, 4.69) is 41.1 Å². The van der Waals surface area contributed by atoms with Crippen molar-refractivity contribution in [2.75, 3.05) is 26.2 Å². The van der Waals surface area contributed by atoms with Crippen LogP contribution in [0, 0.1) is 6.92 Å². The van der Waals surface area contributed by atoms with Crippen molar-refractivity contribution < 1.29 is 4.79 Å². The first kappa shape index (κ1) is 19.8. The summed E-state index contributed by atoms with van der Waals surface area (Å²) in [6, 6.07) is 20.5. The van der Waals surface area contributed by atoms with Gasteiger partial charge in [-0.1, -0.05) is 24.3 Å². The van der Waals surface area contributed by atoms with Gasteiger partial charge < -0.3 is 4.90 Å². The number of carbonyl (C=O) groups is 1. The summed E-state index contributed by atoms with van der Waals surface area (Å²) >= 11 is 1.83. The summed E-state index contributed by atoms with van der Waals surface area (Å²) in [7, 11) is 0. The van der Waals surface area contributed by atoms with Crippen LogP contribution in [0.15, 0.2) is 60.7 Å². The van der Waals surface area contributed by atoms with Crippen LogP contribution in [0.2, 0.25) is 0 Å². The van der Waals surface area contributed by atoms with Crippen molar-refractivity contribution in [2.24, 2.45) is 0 Å². The Morgan fingerprint density at radius 2 is 1.90 bits per heavy atom. The summed E-state index contributed by atoms with van der Waals surface area (Å²) in [5.74, 6) is 0.144. The molecule has 1 amide bonds. The molecule has 1 aliphatic heterocycles. The summed E-state index contributed by atoms with van der Waals surface area (Å²) in [4.78, 5) is 24.4. The third-order valence-electron chi connectivity index (χ3n) is 5.52. The summed E-state index contributed by atoms with van der Waals surface area (Å²) in [5, 5.41) is 0. The van der Waals surface area contributed by atoms with E-state index in [9.17, 15) is 4.79 Å². The number of benzene rings is 1. The van der Waals surface area contributed by atoms with Crippen LogP contribution in [0.3, 0.4) is 0 Å². The van der Waals surface area contributed by atoms with Crippen molar-refractivity contribution in [3.63, 3.8) is 0 Å². The Morgan fingerprint density at radius 3 is 2.66 bits per heavy atom. The number of pyridine rings is 1. The molecule has 1 saturated heterocycles. The van der Waals surface area contributed by atoms with Crippen LogP contribution in [-0.4, -0.2) is 52.9 Å². The second-order valence-electron chi connectivity index (χ2n) is 7.68. The van der Waals surface area contributed by atoms with Crippen molar-refractivity contribution in [2.45, 2.75) is 26.3 Å². The van der Waals surface area contributed by atoms with Crippen molar-refractivity contribution in [1.82, 2.24) is 14.8 Å². The van der Waals surface area contributed by atoms with E-state index in [1.807, 2.05) is 59.6 Å². The summed E-state index contributed by atoms with van der Waals surface area (Å²) in [6.45, 7) is 7.79. The summed E-state index contributed by atoms with van der Waals surface area (Å²) in [6.07, 6.45) is 1.04. The van der Waals surface area contributed by atoms with Crippen LogP contribution in [-0.2, 0) is 6.42 Å². The molecule has 0 bridgehead atoms. The molecule has 4 rings (SSSR count). The first-order valence-corrected chi connectivity index (χ1v) is 11.0. The van der Waals surface area contributed by atoms with Crippen LogP contribution >= 0.6 is 11.3 Å². The van der Waals surface area contributed by atoms with Gasteiger partial charge in [-0.15, -0.1) is 11.3 Å². The fraction of sp³-hybridized carbons (Fsp3) is 0.333. The second-order valence-corrected chi connectivity index (χ2v) is 8.85. The predicted octanol–water partition coefficient (Wildman–Crippen LogP) is 4.51. The molecule has 0 radical (unpaired) electrons. The smallest absolute Gasteiger partial charge is 0.253 e. The Morgan fingerprint density at radius 1 is 1.07 bits per heavy atom. The maximum absolute atomic E-state index is 12.7. The van der Waals surface area contributed by atoms with Gasteiger partial charge in [0.1, 0.15) is 0 Å². The average Bonchev–Trinajstić information content (AvgIpc) is 3.22. The first-order valence-electron chi connectivity index (χ1n) is 10.2. The van der Waals surface area contributed by atoms with Crippen LogP contribution in [0.4, 0.5) is 0 Å². The predicted molar refractivity (Wildman–Crippen MR) is 119 cm³/mol. The van der Waals surface area contributed by atoms with E-state index in [1.54, 1.807) is 0 Å². The highest BCUT2D eigenvalue weighted by atomic mass is 32.1. The van der Waals surface area contributed by atoms with Crippen LogP contribution < -0.4 is 0 Å². The van der Waals surface area contributed by atoms with Gasteiger partial charge in [0.2, 0.25) is 0 Å². The highest BCUT2D eigenvalue weighted by Crippen LogP contribution is 2.27. The topological polar surface area (TPSA) is 36.4 Å². The Labute approximate surface area is 176 Å². The van der Waals surface area contributed by atoms with Gasteiger partial charge in [0.25, 0.3) is 5.91 Å². The van der Waals surface area contributed by atoms with Gasteiger partial charge in [-0.3, -0.25) is 14.7 Å². The van der Waals surface area contributed by atoms with Crippen molar-refractivity contribution in [3.8, 4) is 10.6 Å². The quantitative estimate of drug-likeness (QED) is 0.627.